The molecule has 2 heterocycles. The van der Waals surface area contributed by atoms with Crippen molar-refractivity contribution < 1.29 is 23.8 Å². The number of likely N-dealkylation sites (N-methyl/N-ethyl adjacent to an activating group) is 1. The van der Waals surface area contributed by atoms with Crippen molar-refractivity contribution >= 4 is 71.3 Å². The van der Waals surface area contributed by atoms with Crippen molar-refractivity contribution in [3.63, 3.8) is 0 Å². The summed E-state index contributed by atoms with van der Waals surface area (Å²) in [4.78, 5) is 30.1. The summed E-state index contributed by atoms with van der Waals surface area (Å²) in [6.07, 6.45) is 9.97. The quantitative estimate of drug-likeness (QED) is 0.0421. The molecule has 0 fully saturated rings. The lowest BCUT2D eigenvalue weighted by Gasteiger charge is -2.22. The largest absolute Gasteiger partial charge is 0.494 e. The first-order valence-corrected chi connectivity index (χ1v) is 19.2. The summed E-state index contributed by atoms with van der Waals surface area (Å²) in [5.74, 6) is 0.541. The minimum Gasteiger partial charge on any atom is -0.494 e. The van der Waals surface area contributed by atoms with Gasteiger partial charge < -0.3 is 19.1 Å². The number of thiophene rings is 1. The Bertz CT molecular complexity index is 1620. The number of ether oxygens (including phenoxy) is 3. The monoisotopic (exact) mass is 736 g/mol. The summed E-state index contributed by atoms with van der Waals surface area (Å²) in [7, 11) is 0. The Kier molecular flexibility index (Phi) is 18.8. The van der Waals surface area contributed by atoms with Gasteiger partial charge in [-0.05, 0) is 74.4 Å². The Morgan fingerprint density at radius 1 is 0.686 bits per heavy atom. The highest BCUT2D eigenvalue weighted by Crippen LogP contribution is 2.39. The van der Waals surface area contributed by atoms with Crippen molar-refractivity contribution in [1.29, 1.82) is 0 Å². The topological polar surface area (TPSA) is 127 Å². The Morgan fingerprint density at radius 3 is 1.86 bits per heavy atom. The molecule has 0 amide bonds. The van der Waals surface area contributed by atoms with Crippen LogP contribution in [0, 0.1) is 0 Å². The Balaban J connectivity index is 0.00000702. The first-order chi connectivity index (χ1) is 24.5. The first kappa shape index (κ1) is 41.2. The van der Waals surface area contributed by atoms with Crippen molar-refractivity contribution in [2.75, 3.05) is 37.8 Å². The Morgan fingerprint density at radius 2 is 1.25 bits per heavy atom. The maximum Gasteiger partial charge on any atom is 0.305 e. The Hall–Kier alpha value is -4.23. The van der Waals surface area contributed by atoms with Gasteiger partial charge in [-0.2, -0.15) is 0 Å². The number of hydrogen-bond donors (Lipinski definition) is 0. The van der Waals surface area contributed by atoms with Crippen LogP contribution in [0.5, 0.6) is 5.75 Å². The number of benzene rings is 2. The Labute approximate surface area is 310 Å². The van der Waals surface area contributed by atoms with E-state index in [4.69, 9.17) is 14.2 Å². The molecule has 0 N–H and O–H groups in total. The summed E-state index contributed by atoms with van der Waals surface area (Å²) in [5, 5.41) is 18.9. The van der Waals surface area contributed by atoms with E-state index in [0.29, 0.717) is 44.3 Å². The third-order valence-electron chi connectivity index (χ3n) is 7.79. The molecule has 276 valence electrons. The number of azo groups is 2. The van der Waals surface area contributed by atoms with E-state index >= 15 is 0 Å². The van der Waals surface area contributed by atoms with Crippen LogP contribution in [-0.4, -0.2) is 49.8 Å². The molecule has 2 aromatic heterocycles. The summed E-state index contributed by atoms with van der Waals surface area (Å²) in [6, 6.07) is 17.5. The van der Waals surface area contributed by atoms with Gasteiger partial charge in [-0.25, -0.2) is 4.98 Å². The molecule has 4 aromatic rings. The number of anilines is 1. The van der Waals surface area contributed by atoms with E-state index < -0.39 is 0 Å². The van der Waals surface area contributed by atoms with Gasteiger partial charge in [0.1, 0.15) is 22.2 Å². The second kappa shape index (κ2) is 23.3. The number of thiazole rings is 1. The molecule has 0 unspecified atom stereocenters. The zero-order valence-electron chi connectivity index (χ0n) is 29.3. The van der Waals surface area contributed by atoms with Crippen LogP contribution >= 0.6 is 22.7 Å². The van der Waals surface area contributed by atoms with E-state index in [9.17, 15) is 9.59 Å². The van der Waals surface area contributed by atoms with Crippen LogP contribution in [-0.2, 0) is 19.1 Å². The lowest BCUT2D eigenvalue weighted by atomic mass is 10.1. The smallest absolute Gasteiger partial charge is 0.305 e. The van der Waals surface area contributed by atoms with Crippen LogP contribution in [0.25, 0.3) is 9.53 Å². The van der Waals surface area contributed by atoms with Gasteiger partial charge in [-0.1, -0.05) is 82.5 Å². The van der Waals surface area contributed by atoms with E-state index in [1.807, 2.05) is 61.5 Å². The number of carbonyl (C=O) groups excluding carboxylic acids is 2. The van der Waals surface area contributed by atoms with E-state index in [0.717, 1.165) is 69.6 Å². The van der Waals surface area contributed by atoms with Crippen molar-refractivity contribution in [2.24, 2.45) is 20.5 Å². The maximum absolute atomic E-state index is 11.4. The molecular formula is C38H52N6O5S2. The zero-order chi connectivity index (χ0) is 35.4. The predicted molar refractivity (Wildman–Crippen MR) is 208 cm³/mol. The van der Waals surface area contributed by atoms with Gasteiger partial charge in [0.2, 0.25) is 5.13 Å². The molecule has 0 radical (unpaired) electrons. The van der Waals surface area contributed by atoms with Crippen LogP contribution in [0.4, 0.5) is 27.2 Å². The van der Waals surface area contributed by atoms with Crippen LogP contribution in [0.1, 0.15) is 92.4 Å². The highest BCUT2D eigenvalue weighted by Gasteiger charge is 2.09. The number of fused-ring (bicyclic) bond motifs is 1. The molecule has 0 saturated carbocycles. The normalized spacial score (nSPS) is 11.3. The second-order valence-electron chi connectivity index (χ2n) is 11.6. The van der Waals surface area contributed by atoms with Crippen molar-refractivity contribution in [3.8, 4) is 5.75 Å². The summed E-state index contributed by atoms with van der Waals surface area (Å²) < 4.78 is 17.2. The van der Waals surface area contributed by atoms with Crippen LogP contribution < -0.4 is 9.64 Å². The minimum absolute atomic E-state index is 0. The molecule has 0 saturated heterocycles. The fourth-order valence-electron chi connectivity index (χ4n) is 4.93. The van der Waals surface area contributed by atoms with Crippen LogP contribution in [0.15, 0.2) is 75.1 Å². The molecule has 0 atom stereocenters. The summed E-state index contributed by atoms with van der Waals surface area (Å²) >= 11 is 2.93. The molecular weight excluding hydrogens is 685 g/mol. The first-order valence-electron chi connectivity index (χ1n) is 17.6. The molecule has 0 aliphatic rings. The molecule has 13 heteroatoms. The van der Waals surface area contributed by atoms with Gasteiger partial charge in [-0.3, -0.25) is 9.59 Å². The molecule has 0 aliphatic heterocycles. The van der Waals surface area contributed by atoms with Gasteiger partial charge in [0, 0.05) is 25.1 Å². The van der Waals surface area contributed by atoms with Gasteiger partial charge in [-0.15, -0.1) is 20.5 Å². The number of esters is 2. The lowest BCUT2D eigenvalue weighted by Crippen LogP contribution is -2.27. The zero-order valence-corrected chi connectivity index (χ0v) is 31.0. The second-order valence-corrected chi connectivity index (χ2v) is 13.6. The number of carbonyl (C=O) groups is 2. The third kappa shape index (κ3) is 14.9. The highest BCUT2D eigenvalue weighted by atomic mass is 32.1. The van der Waals surface area contributed by atoms with Gasteiger partial charge in [0.25, 0.3) is 0 Å². The van der Waals surface area contributed by atoms with E-state index in [1.54, 1.807) is 6.92 Å². The molecule has 51 heavy (non-hydrogen) atoms. The molecule has 0 bridgehead atoms. The molecule has 0 spiro atoms. The number of hydrogen-bond acceptors (Lipinski definition) is 13. The number of rotatable bonds is 23. The summed E-state index contributed by atoms with van der Waals surface area (Å²) in [6.45, 7) is 8.73. The molecule has 0 aliphatic carbocycles. The average molecular weight is 737 g/mol. The maximum atomic E-state index is 11.4. The molecule has 11 nitrogen and oxygen atoms in total. The van der Waals surface area contributed by atoms with Gasteiger partial charge >= 0.3 is 11.9 Å². The van der Waals surface area contributed by atoms with Gasteiger partial charge in [0.05, 0.1) is 35.8 Å². The van der Waals surface area contributed by atoms with Crippen molar-refractivity contribution in [2.45, 2.75) is 92.4 Å². The number of aromatic nitrogens is 1. The third-order valence-corrected chi connectivity index (χ3v) is 9.71. The standard InChI is InChI=1S/C37H48N6O5S2.CH4/c1-4-34(44)47-25-14-12-10-8-7-9-11-13-24-46-31-21-17-29(18-22-31)39-41-33-27-32-36(50-33)38-37(49-32)42-40-28-15-19-30(20-16-28)43(6-3)23-26-48-35(45)5-2;/h15-22,27H,4-14,23-26H2,1-3H3;1H4. The average Bonchev–Trinajstić information content (AvgIpc) is 3.71. The van der Waals surface area contributed by atoms with E-state index in [1.165, 1.54) is 48.4 Å². The van der Waals surface area contributed by atoms with Crippen molar-refractivity contribution in [3.05, 3.63) is 54.6 Å². The number of unbranched alkanes of at least 4 members (excludes halogenated alkanes) is 7. The lowest BCUT2D eigenvalue weighted by molar-refractivity contribution is -0.144. The number of nitrogens with zero attached hydrogens (tertiary/aromatic N) is 6. The van der Waals surface area contributed by atoms with Crippen LogP contribution in [0.2, 0.25) is 0 Å². The van der Waals surface area contributed by atoms with E-state index in [-0.39, 0.29) is 19.4 Å². The minimum atomic E-state index is -0.185. The predicted octanol–water partition coefficient (Wildman–Crippen LogP) is 12.1. The highest BCUT2D eigenvalue weighted by molar-refractivity contribution is 7.30. The molecule has 2 aromatic carbocycles. The van der Waals surface area contributed by atoms with Crippen LogP contribution in [0.3, 0.4) is 0 Å². The molecule has 4 rings (SSSR count). The van der Waals surface area contributed by atoms with Gasteiger partial charge in [0.15, 0.2) is 0 Å². The fourth-order valence-corrected chi connectivity index (χ4v) is 6.78. The van der Waals surface area contributed by atoms with Crippen molar-refractivity contribution in [1.82, 2.24) is 4.98 Å². The SMILES string of the molecule is C.CCC(=O)OCCCCCCCCCCOc1ccc(N=Nc2cc3sc(N=Nc4ccc(N(CC)CCOC(=O)CC)cc4)nc3s2)cc1. The van der Waals surface area contributed by atoms with E-state index in [2.05, 4.69) is 37.3 Å². The fraction of sp³-hybridized carbons (Fsp3) is 0.500. The summed E-state index contributed by atoms with van der Waals surface area (Å²) in [5.41, 5.74) is 2.52.